The number of aryl methyl sites for hydroxylation is 1. The van der Waals surface area contributed by atoms with E-state index in [0.717, 1.165) is 11.3 Å². The number of carbonyl (C=O) groups is 2. The van der Waals surface area contributed by atoms with Gasteiger partial charge in [0.05, 0.1) is 7.11 Å². The summed E-state index contributed by atoms with van der Waals surface area (Å²) in [4.78, 5) is 24.5. The third-order valence-corrected chi connectivity index (χ3v) is 3.29. The van der Waals surface area contributed by atoms with Gasteiger partial charge in [0.25, 0.3) is 0 Å². The van der Waals surface area contributed by atoms with E-state index in [1.807, 2.05) is 6.07 Å². The maximum absolute atomic E-state index is 12.4. The largest absolute Gasteiger partial charge is 0.497 e. The summed E-state index contributed by atoms with van der Waals surface area (Å²) in [7, 11) is 1.59. The number of methoxy groups -OCH3 is 1. The van der Waals surface area contributed by atoms with Crippen LogP contribution in [0.3, 0.4) is 0 Å². The first-order valence-corrected chi connectivity index (χ1v) is 6.76. The Bertz CT molecular complexity index is 540. The lowest BCUT2D eigenvalue weighted by Crippen LogP contribution is -2.35. The summed E-state index contributed by atoms with van der Waals surface area (Å²) < 4.78 is 10.5. The van der Waals surface area contributed by atoms with Gasteiger partial charge in [-0.15, -0.1) is 0 Å². The number of ether oxygens (including phenoxy) is 2. The van der Waals surface area contributed by atoms with E-state index >= 15 is 0 Å². The van der Waals surface area contributed by atoms with E-state index in [1.54, 1.807) is 40.0 Å². The van der Waals surface area contributed by atoms with E-state index in [4.69, 9.17) is 9.47 Å². The molecule has 1 aromatic rings. The Morgan fingerprint density at radius 1 is 1.30 bits per heavy atom. The molecule has 0 radical (unpaired) electrons. The molecule has 4 heteroatoms. The molecule has 0 aliphatic heterocycles. The first-order valence-electron chi connectivity index (χ1n) is 6.76. The van der Waals surface area contributed by atoms with Gasteiger partial charge in [-0.1, -0.05) is 0 Å². The number of esters is 1. The number of carbonyl (C=O) groups excluding carboxylic acids is 2. The molecule has 0 saturated heterocycles. The fraction of sp³-hybridized carbons (Fsp3) is 0.500. The van der Waals surface area contributed by atoms with Crippen molar-refractivity contribution in [2.75, 3.05) is 7.11 Å². The monoisotopic (exact) mass is 276 g/mol. The Kier molecular flexibility index (Phi) is 3.84. The number of fused-ring (bicyclic) bond motifs is 1. The van der Waals surface area contributed by atoms with Gasteiger partial charge in [0, 0.05) is 5.56 Å². The number of Topliss-reactive ketones (excluding diaryl/α,β-unsaturated/α-hetero) is 1. The van der Waals surface area contributed by atoms with Crippen LogP contribution in [0.4, 0.5) is 0 Å². The third-order valence-electron chi connectivity index (χ3n) is 3.29. The molecule has 1 atom stereocenters. The van der Waals surface area contributed by atoms with E-state index < -0.39 is 17.5 Å². The second-order valence-corrected chi connectivity index (χ2v) is 6.01. The lowest BCUT2D eigenvalue weighted by atomic mass is 9.82. The fourth-order valence-corrected chi connectivity index (χ4v) is 2.36. The Balaban J connectivity index is 2.22. The smallest absolute Gasteiger partial charge is 0.317 e. The molecule has 0 amide bonds. The summed E-state index contributed by atoms with van der Waals surface area (Å²) >= 11 is 0. The van der Waals surface area contributed by atoms with Gasteiger partial charge in [-0.2, -0.15) is 0 Å². The molecule has 0 bridgehead atoms. The Labute approximate surface area is 119 Å². The fourth-order valence-electron chi connectivity index (χ4n) is 2.36. The minimum atomic E-state index is -0.685. The van der Waals surface area contributed by atoms with Gasteiger partial charge >= 0.3 is 5.97 Å². The molecule has 0 fully saturated rings. The van der Waals surface area contributed by atoms with Crippen molar-refractivity contribution in [3.05, 3.63) is 29.3 Å². The van der Waals surface area contributed by atoms with E-state index in [9.17, 15) is 9.59 Å². The molecule has 1 unspecified atom stereocenters. The van der Waals surface area contributed by atoms with Crippen LogP contribution in [0.5, 0.6) is 5.75 Å². The quantitative estimate of drug-likeness (QED) is 0.615. The van der Waals surface area contributed by atoms with Crippen molar-refractivity contribution in [3.8, 4) is 5.75 Å². The van der Waals surface area contributed by atoms with Crippen molar-refractivity contribution in [1.29, 1.82) is 0 Å². The summed E-state index contributed by atoms with van der Waals surface area (Å²) in [5.74, 6) is -0.533. The van der Waals surface area contributed by atoms with Crippen LogP contribution in [-0.2, 0) is 16.0 Å². The normalized spacial score (nSPS) is 18.4. The van der Waals surface area contributed by atoms with E-state index in [2.05, 4.69) is 0 Å². The summed E-state index contributed by atoms with van der Waals surface area (Å²) in [5.41, 5.74) is 0.972. The van der Waals surface area contributed by atoms with Gasteiger partial charge in [0.1, 0.15) is 17.3 Å². The van der Waals surface area contributed by atoms with E-state index in [-0.39, 0.29) is 5.78 Å². The number of rotatable bonds is 2. The molecule has 2 rings (SSSR count). The highest BCUT2D eigenvalue weighted by Gasteiger charge is 2.35. The molecule has 1 aliphatic rings. The Morgan fingerprint density at radius 3 is 2.60 bits per heavy atom. The highest BCUT2D eigenvalue weighted by molar-refractivity contribution is 6.10. The minimum absolute atomic E-state index is 0.150. The predicted octanol–water partition coefficient (Wildman–Crippen LogP) is 2.78. The lowest BCUT2D eigenvalue weighted by Gasteiger charge is -2.26. The molecule has 0 heterocycles. The minimum Gasteiger partial charge on any atom is -0.497 e. The van der Waals surface area contributed by atoms with Gasteiger partial charge in [-0.3, -0.25) is 9.59 Å². The van der Waals surface area contributed by atoms with Crippen molar-refractivity contribution in [3.63, 3.8) is 0 Å². The second-order valence-electron chi connectivity index (χ2n) is 6.01. The molecule has 108 valence electrons. The maximum atomic E-state index is 12.4. The van der Waals surface area contributed by atoms with Gasteiger partial charge < -0.3 is 9.47 Å². The van der Waals surface area contributed by atoms with Crippen LogP contribution in [0.15, 0.2) is 18.2 Å². The third kappa shape index (κ3) is 3.00. The van der Waals surface area contributed by atoms with Gasteiger partial charge in [-0.05, 0) is 57.4 Å². The first kappa shape index (κ1) is 14.6. The molecule has 1 aliphatic carbocycles. The average Bonchev–Trinajstić information content (AvgIpc) is 2.36. The standard InChI is InChI=1S/C16H20O4/c1-16(2,3)20-15(18)13-7-5-10-9-11(19-4)6-8-12(10)14(13)17/h6,8-9,13H,5,7H2,1-4H3. The topological polar surface area (TPSA) is 52.6 Å². The number of hydrogen-bond acceptors (Lipinski definition) is 4. The van der Waals surface area contributed by atoms with Gasteiger partial charge in [0.15, 0.2) is 5.78 Å². The van der Waals surface area contributed by atoms with Crippen LogP contribution >= 0.6 is 0 Å². The predicted molar refractivity (Wildman–Crippen MR) is 75.0 cm³/mol. The molecule has 0 saturated carbocycles. The zero-order valence-electron chi connectivity index (χ0n) is 12.4. The van der Waals surface area contributed by atoms with Crippen LogP contribution < -0.4 is 4.74 Å². The molecule has 1 aromatic carbocycles. The number of benzene rings is 1. The second kappa shape index (κ2) is 5.27. The molecule has 4 nitrogen and oxygen atoms in total. The van der Waals surface area contributed by atoms with Crippen LogP contribution in [0.2, 0.25) is 0 Å². The van der Waals surface area contributed by atoms with Crippen LogP contribution in [0, 0.1) is 5.92 Å². The van der Waals surface area contributed by atoms with Gasteiger partial charge in [0.2, 0.25) is 0 Å². The summed E-state index contributed by atoms with van der Waals surface area (Å²) in [6.45, 7) is 5.41. The number of ketones is 1. The summed E-state index contributed by atoms with van der Waals surface area (Å²) in [6, 6.07) is 5.33. The Hall–Kier alpha value is -1.84. The van der Waals surface area contributed by atoms with Crippen LogP contribution in [0.1, 0.15) is 43.1 Å². The summed E-state index contributed by atoms with van der Waals surface area (Å²) in [6.07, 6.45) is 1.18. The van der Waals surface area contributed by atoms with E-state index in [0.29, 0.717) is 18.4 Å². The van der Waals surface area contributed by atoms with Crippen LogP contribution in [0.25, 0.3) is 0 Å². The highest BCUT2D eigenvalue weighted by Crippen LogP contribution is 2.30. The van der Waals surface area contributed by atoms with Crippen molar-refractivity contribution >= 4 is 11.8 Å². The average molecular weight is 276 g/mol. The van der Waals surface area contributed by atoms with Gasteiger partial charge in [-0.25, -0.2) is 0 Å². The lowest BCUT2D eigenvalue weighted by molar-refractivity contribution is -0.158. The molecular weight excluding hydrogens is 256 g/mol. The van der Waals surface area contributed by atoms with Crippen molar-refractivity contribution < 1.29 is 19.1 Å². The zero-order valence-corrected chi connectivity index (χ0v) is 12.4. The summed E-state index contributed by atoms with van der Waals surface area (Å²) in [5, 5.41) is 0. The zero-order chi connectivity index (χ0) is 14.9. The number of hydrogen-bond donors (Lipinski definition) is 0. The molecule has 0 N–H and O–H groups in total. The first-order chi connectivity index (χ1) is 9.31. The van der Waals surface area contributed by atoms with Crippen molar-refractivity contribution in [2.24, 2.45) is 5.92 Å². The molecule has 0 aromatic heterocycles. The van der Waals surface area contributed by atoms with Crippen LogP contribution in [-0.4, -0.2) is 24.5 Å². The maximum Gasteiger partial charge on any atom is 0.317 e. The molecule has 0 spiro atoms. The van der Waals surface area contributed by atoms with E-state index in [1.165, 1.54) is 0 Å². The highest BCUT2D eigenvalue weighted by atomic mass is 16.6. The molecular formula is C16H20O4. The Morgan fingerprint density at radius 2 is 2.00 bits per heavy atom. The van der Waals surface area contributed by atoms with Crippen molar-refractivity contribution in [1.82, 2.24) is 0 Å². The van der Waals surface area contributed by atoms with Crippen molar-refractivity contribution in [2.45, 2.75) is 39.2 Å². The molecule has 20 heavy (non-hydrogen) atoms. The SMILES string of the molecule is COc1ccc2c(c1)CCC(C(=O)OC(C)(C)C)C2=O.